The minimum atomic E-state index is 0.0271. The zero-order chi connectivity index (χ0) is 12.1. The van der Waals surface area contributed by atoms with Gasteiger partial charge >= 0.3 is 0 Å². The second-order valence-corrected chi connectivity index (χ2v) is 4.21. The zero-order valence-electron chi connectivity index (χ0n) is 10.2. The van der Waals surface area contributed by atoms with Gasteiger partial charge in [-0.2, -0.15) is 0 Å². The smallest absolute Gasteiger partial charge is 0.227 e. The van der Waals surface area contributed by atoms with Crippen molar-refractivity contribution in [3.8, 4) is 0 Å². The van der Waals surface area contributed by atoms with Crippen molar-refractivity contribution in [1.29, 1.82) is 0 Å². The summed E-state index contributed by atoms with van der Waals surface area (Å²) < 4.78 is 0. The maximum absolute atomic E-state index is 11.6. The van der Waals surface area contributed by atoms with Crippen LogP contribution in [0.2, 0.25) is 0 Å². The first-order valence-electron chi connectivity index (χ1n) is 5.71. The highest BCUT2D eigenvalue weighted by Crippen LogP contribution is 2.15. The molecule has 0 saturated heterocycles. The normalized spacial score (nSPS) is 14.2. The Labute approximate surface area is 97.0 Å². The number of amides is 1. The zero-order valence-corrected chi connectivity index (χ0v) is 10.2. The molecule has 0 heterocycles. The van der Waals surface area contributed by atoms with E-state index >= 15 is 0 Å². The fraction of sp³-hybridized carbons (Fsp3) is 0.462. The molecule has 0 spiro atoms. The maximum Gasteiger partial charge on any atom is 0.227 e. The molecule has 3 N–H and O–H groups in total. The van der Waals surface area contributed by atoms with Crippen LogP contribution < -0.4 is 11.1 Å². The van der Waals surface area contributed by atoms with Crippen molar-refractivity contribution in [2.45, 2.75) is 33.2 Å². The van der Waals surface area contributed by atoms with Crippen LogP contribution in [0.4, 0.5) is 5.69 Å². The number of nitrogens with one attached hydrogen (secondary N) is 1. The van der Waals surface area contributed by atoms with E-state index in [1.807, 2.05) is 45.0 Å². The molecule has 1 aromatic carbocycles. The number of carbonyl (C=O) groups excluding carboxylic acids is 1. The predicted octanol–water partition coefficient (Wildman–Crippen LogP) is 2.69. The summed E-state index contributed by atoms with van der Waals surface area (Å²) in [6.07, 6.45) is 0.851. The predicted molar refractivity (Wildman–Crippen MR) is 67.1 cm³/mol. The van der Waals surface area contributed by atoms with Gasteiger partial charge < -0.3 is 11.1 Å². The van der Waals surface area contributed by atoms with Gasteiger partial charge in [0.15, 0.2) is 0 Å². The molecule has 0 bridgehead atoms. The van der Waals surface area contributed by atoms with Crippen molar-refractivity contribution >= 4 is 11.6 Å². The van der Waals surface area contributed by atoms with Crippen LogP contribution >= 0.6 is 0 Å². The number of carbonyl (C=O) groups is 1. The number of benzene rings is 1. The molecule has 16 heavy (non-hydrogen) atoms. The molecule has 1 amide bonds. The monoisotopic (exact) mass is 220 g/mol. The van der Waals surface area contributed by atoms with E-state index in [0.29, 0.717) is 0 Å². The molecule has 0 radical (unpaired) electrons. The highest BCUT2D eigenvalue weighted by molar-refractivity contribution is 5.92. The molecular weight excluding hydrogens is 200 g/mol. The van der Waals surface area contributed by atoms with Gasteiger partial charge in [0.05, 0.1) is 0 Å². The van der Waals surface area contributed by atoms with Crippen molar-refractivity contribution in [2.24, 2.45) is 11.7 Å². The third-order valence-electron chi connectivity index (χ3n) is 2.76. The van der Waals surface area contributed by atoms with Crippen LogP contribution in [0, 0.1) is 5.92 Å². The van der Waals surface area contributed by atoms with E-state index in [4.69, 9.17) is 5.73 Å². The van der Waals surface area contributed by atoms with E-state index < -0.39 is 0 Å². The fourth-order valence-electron chi connectivity index (χ4n) is 1.32. The Kier molecular flexibility index (Phi) is 4.50. The molecule has 0 saturated carbocycles. The first-order valence-corrected chi connectivity index (χ1v) is 5.71. The van der Waals surface area contributed by atoms with Gasteiger partial charge in [0, 0.05) is 17.6 Å². The summed E-state index contributed by atoms with van der Waals surface area (Å²) in [5, 5.41) is 2.88. The highest BCUT2D eigenvalue weighted by Gasteiger charge is 2.10. The van der Waals surface area contributed by atoms with Crippen LogP contribution in [0.5, 0.6) is 0 Å². The van der Waals surface area contributed by atoms with Crippen LogP contribution in [0.1, 0.15) is 38.8 Å². The Morgan fingerprint density at radius 1 is 1.31 bits per heavy atom. The minimum Gasteiger partial charge on any atom is -0.326 e. The topological polar surface area (TPSA) is 55.1 Å². The SMILES string of the molecule is CCC(C)C(=O)Nc1ccc(C(C)N)cc1. The van der Waals surface area contributed by atoms with Gasteiger partial charge in [-0.1, -0.05) is 26.0 Å². The Hall–Kier alpha value is -1.35. The number of anilines is 1. The lowest BCUT2D eigenvalue weighted by Gasteiger charge is -2.11. The molecule has 0 fully saturated rings. The van der Waals surface area contributed by atoms with Gasteiger partial charge in [-0.3, -0.25) is 4.79 Å². The summed E-state index contributed by atoms with van der Waals surface area (Å²) in [6.45, 7) is 5.86. The summed E-state index contributed by atoms with van der Waals surface area (Å²) in [7, 11) is 0. The van der Waals surface area contributed by atoms with Gasteiger partial charge in [-0.15, -0.1) is 0 Å². The summed E-state index contributed by atoms with van der Waals surface area (Å²) in [6, 6.07) is 7.69. The summed E-state index contributed by atoms with van der Waals surface area (Å²) >= 11 is 0. The van der Waals surface area contributed by atoms with Crippen molar-refractivity contribution in [3.63, 3.8) is 0 Å². The third-order valence-corrected chi connectivity index (χ3v) is 2.76. The highest BCUT2D eigenvalue weighted by atomic mass is 16.1. The van der Waals surface area contributed by atoms with Crippen molar-refractivity contribution in [1.82, 2.24) is 0 Å². The molecule has 88 valence electrons. The summed E-state index contributed by atoms with van der Waals surface area (Å²) in [5.41, 5.74) is 7.65. The number of hydrogen-bond acceptors (Lipinski definition) is 2. The lowest BCUT2D eigenvalue weighted by molar-refractivity contribution is -0.119. The van der Waals surface area contributed by atoms with Crippen molar-refractivity contribution in [2.75, 3.05) is 5.32 Å². The summed E-state index contributed by atoms with van der Waals surface area (Å²) in [5.74, 6) is 0.115. The largest absolute Gasteiger partial charge is 0.326 e. The van der Waals surface area contributed by atoms with E-state index in [0.717, 1.165) is 17.7 Å². The number of nitrogens with two attached hydrogens (primary N) is 1. The minimum absolute atomic E-state index is 0.0271. The Morgan fingerprint density at radius 3 is 2.31 bits per heavy atom. The molecule has 0 aromatic heterocycles. The lowest BCUT2D eigenvalue weighted by atomic mass is 10.1. The van der Waals surface area contributed by atoms with Gasteiger partial charge in [-0.25, -0.2) is 0 Å². The first-order chi connectivity index (χ1) is 7.54. The summed E-state index contributed by atoms with van der Waals surface area (Å²) in [4.78, 5) is 11.6. The van der Waals surface area contributed by atoms with Gasteiger partial charge in [0.2, 0.25) is 5.91 Å². The Morgan fingerprint density at radius 2 is 1.88 bits per heavy atom. The molecule has 0 aliphatic heterocycles. The molecule has 0 aliphatic carbocycles. The van der Waals surface area contributed by atoms with Crippen molar-refractivity contribution in [3.05, 3.63) is 29.8 Å². The maximum atomic E-state index is 11.6. The lowest BCUT2D eigenvalue weighted by Crippen LogP contribution is -2.19. The van der Waals surface area contributed by atoms with Crippen LogP contribution in [-0.4, -0.2) is 5.91 Å². The molecule has 1 rings (SSSR count). The first kappa shape index (κ1) is 12.7. The van der Waals surface area contributed by atoms with E-state index in [-0.39, 0.29) is 17.9 Å². The molecular formula is C13H20N2O. The van der Waals surface area contributed by atoms with Crippen LogP contribution in [0.3, 0.4) is 0 Å². The van der Waals surface area contributed by atoms with Gasteiger partial charge in [0.25, 0.3) is 0 Å². The van der Waals surface area contributed by atoms with Crippen LogP contribution in [0.25, 0.3) is 0 Å². The second-order valence-electron chi connectivity index (χ2n) is 4.21. The standard InChI is InChI=1S/C13H20N2O/c1-4-9(2)13(16)15-12-7-5-11(6-8-12)10(3)14/h5-10H,4,14H2,1-3H3,(H,15,16). The Balaban J connectivity index is 2.65. The van der Waals surface area contributed by atoms with E-state index in [2.05, 4.69) is 5.32 Å². The quantitative estimate of drug-likeness (QED) is 0.819. The second kappa shape index (κ2) is 5.66. The molecule has 3 nitrogen and oxygen atoms in total. The average Bonchev–Trinajstić information content (AvgIpc) is 2.28. The van der Waals surface area contributed by atoms with Gasteiger partial charge in [0.1, 0.15) is 0 Å². The molecule has 0 aliphatic rings. The molecule has 2 unspecified atom stereocenters. The molecule has 2 atom stereocenters. The third kappa shape index (κ3) is 3.35. The molecule has 3 heteroatoms. The average molecular weight is 220 g/mol. The van der Waals surface area contributed by atoms with Crippen LogP contribution in [0.15, 0.2) is 24.3 Å². The van der Waals surface area contributed by atoms with Gasteiger partial charge in [-0.05, 0) is 31.0 Å². The number of hydrogen-bond donors (Lipinski definition) is 2. The van der Waals surface area contributed by atoms with Crippen LogP contribution in [-0.2, 0) is 4.79 Å². The number of rotatable bonds is 4. The van der Waals surface area contributed by atoms with E-state index in [9.17, 15) is 4.79 Å². The molecule has 1 aromatic rings. The van der Waals surface area contributed by atoms with E-state index in [1.165, 1.54) is 0 Å². The van der Waals surface area contributed by atoms with E-state index in [1.54, 1.807) is 0 Å². The fourth-order valence-corrected chi connectivity index (χ4v) is 1.32. The Bertz CT molecular complexity index is 343. The van der Waals surface area contributed by atoms with Crippen molar-refractivity contribution < 1.29 is 4.79 Å².